The van der Waals surface area contributed by atoms with Crippen molar-refractivity contribution in [3.63, 3.8) is 0 Å². The highest BCUT2D eigenvalue weighted by Crippen LogP contribution is 2.33. The summed E-state index contributed by atoms with van der Waals surface area (Å²) in [6, 6.07) is 12.8. The molecule has 4 bridgehead atoms. The van der Waals surface area contributed by atoms with E-state index in [1.807, 2.05) is 36.9 Å². The Morgan fingerprint density at radius 2 is 1.64 bits per heavy atom. The summed E-state index contributed by atoms with van der Waals surface area (Å²) in [7, 11) is -4.22. The van der Waals surface area contributed by atoms with E-state index in [9.17, 15) is 22.0 Å². The summed E-state index contributed by atoms with van der Waals surface area (Å²) >= 11 is 0. The molecule has 1 saturated heterocycles. The molecular formula is C36H41F2N7O4S. The van der Waals surface area contributed by atoms with Crippen LogP contribution in [-0.2, 0) is 16.6 Å². The van der Waals surface area contributed by atoms with Crippen LogP contribution in [0.1, 0.15) is 67.3 Å². The molecule has 4 heterocycles. The van der Waals surface area contributed by atoms with Crippen LogP contribution in [0.3, 0.4) is 0 Å². The van der Waals surface area contributed by atoms with Gasteiger partial charge >= 0.3 is 0 Å². The number of rotatable bonds is 5. The number of nitrogens with one attached hydrogen (secondary N) is 1. The number of halogens is 2. The maximum Gasteiger partial charge on any atom is 0.264 e. The monoisotopic (exact) mass is 705 g/mol. The average molecular weight is 706 g/mol. The van der Waals surface area contributed by atoms with Crippen LogP contribution < -0.4 is 14.4 Å². The fourth-order valence-corrected chi connectivity index (χ4v) is 7.37. The van der Waals surface area contributed by atoms with Crippen molar-refractivity contribution in [3.8, 4) is 17.1 Å². The third-order valence-electron chi connectivity index (χ3n) is 8.89. The highest BCUT2D eigenvalue weighted by molar-refractivity contribution is 7.92. The number of anilines is 2. The lowest BCUT2D eigenvalue weighted by Gasteiger charge is -2.35. The van der Waals surface area contributed by atoms with Gasteiger partial charge in [-0.2, -0.15) is 4.98 Å². The molecule has 1 fully saturated rings. The first-order chi connectivity index (χ1) is 23.6. The van der Waals surface area contributed by atoms with Gasteiger partial charge in [0.1, 0.15) is 12.4 Å². The van der Waals surface area contributed by atoms with Crippen molar-refractivity contribution in [3.05, 3.63) is 83.4 Å². The number of sulfonamides is 1. The van der Waals surface area contributed by atoms with E-state index in [1.165, 1.54) is 18.2 Å². The Kier molecular flexibility index (Phi) is 9.51. The molecule has 0 radical (unpaired) electrons. The van der Waals surface area contributed by atoms with Crippen LogP contribution in [0.15, 0.2) is 65.8 Å². The maximum absolute atomic E-state index is 14.4. The van der Waals surface area contributed by atoms with Crippen molar-refractivity contribution in [2.45, 2.75) is 77.3 Å². The lowest BCUT2D eigenvalue weighted by Crippen LogP contribution is -2.45. The molecule has 14 heteroatoms. The maximum atomic E-state index is 14.4. The summed E-state index contributed by atoms with van der Waals surface area (Å²) < 4.78 is 63.6. The molecule has 1 atom stereocenters. The summed E-state index contributed by atoms with van der Waals surface area (Å²) in [5, 5.41) is 0. The van der Waals surface area contributed by atoms with Gasteiger partial charge < -0.3 is 14.5 Å². The number of hydrogen-bond acceptors (Lipinski definition) is 9. The SMILES string of the molecule is Cc1cccc(C)c1-c1cc2nc(n1)NS(=O)(=O)c1cccc(c1)C(=O)N(Cc1ncc(N3CCC(F)(F)CC3)cn1)[C@H](CC(C)(C)C)CO2. The van der Waals surface area contributed by atoms with Crippen LogP contribution in [-0.4, -0.2) is 70.8 Å². The second kappa shape index (κ2) is 13.5. The molecule has 264 valence electrons. The van der Waals surface area contributed by atoms with Gasteiger partial charge in [0, 0.05) is 43.1 Å². The first kappa shape index (κ1) is 35.1. The molecular weight excluding hydrogens is 665 g/mol. The van der Waals surface area contributed by atoms with Crippen molar-refractivity contribution in [1.29, 1.82) is 0 Å². The number of benzene rings is 2. The summed E-state index contributed by atoms with van der Waals surface area (Å²) in [6.07, 6.45) is 3.20. The van der Waals surface area contributed by atoms with Crippen molar-refractivity contribution in [2.75, 3.05) is 29.3 Å². The van der Waals surface area contributed by atoms with Crippen molar-refractivity contribution in [1.82, 2.24) is 24.8 Å². The van der Waals surface area contributed by atoms with Gasteiger partial charge in [-0.3, -0.25) is 4.79 Å². The van der Waals surface area contributed by atoms with Crippen LogP contribution >= 0.6 is 0 Å². The Morgan fingerprint density at radius 1 is 0.980 bits per heavy atom. The Bertz CT molecular complexity index is 1970. The Hall–Kier alpha value is -4.72. The number of aromatic nitrogens is 4. The van der Waals surface area contributed by atoms with Crippen LogP contribution in [0.4, 0.5) is 20.4 Å². The van der Waals surface area contributed by atoms with E-state index in [0.29, 0.717) is 23.6 Å². The molecule has 11 nitrogen and oxygen atoms in total. The van der Waals surface area contributed by atoms with Gasteiger partial charge in [-0.1, -0.05) is 45.0 Å². The third kappa shape index (κ3) is 8.01. The number of ether oxygens (including phenoxy) is 1. The second-order valence-electron chi connectivity index (χ2n) is 14.2. The first-order valence-electron chi connectivity index (χ1n) is 16.5. The zero-order chi connectivity index (χ0) is 35.8. The summed E-state index contributed by atoms with van der Waals surface area (Å²) in [5.74, 6) is -2.80. The van der Waals surface area contributed by atoms with E-state index in [4.69, 9.17) is 4.74 Å². The lowest BCUT2D eigenvalue weighted by molar-refractivity contribution is -0.0220. The molecule has 0 saturated carbocycles. The fourth-order valence-electron chi connectivity index (χ4n) is 6.38. The molecule has 0 spiro atoms. The van der Waals surface area contributed by atoms with Crippen LogP contribution in [0, 0.1) is 19.3 Å². The molecule has 2 aromatic heterocycles. The van der Waals surface area contributed by atoms with E-state index in [1.54, 1.807) is 29.4 Å². The predicted molar refractivity (Wildman–Crippen MR) is 186 cm³/mol. The van der Waals surface area contributed by atoms with Crippen molar-refractivity contribution < 1.29 is 26.7 Å². The number of nitrogens with zero attached hydrogens (tertiary/aromatic N) is 6. The Balaban J connectivity index is 1.41. The second-order valence-corrected chi connectivity index (χ2v) is 15.9. The van der Waals surface area contributed by atoms with Gasteiger partial charge in [0.15, 0.2) is 0 Å². The van der Waals surface area contributed by atoms with Gasteiger partial charge in [0.25, 0.3) is 21.9 Å². The van der Waals surface area contributed by atoms with E-state index >= 15 is 0 Å². The van der Waals surface area contributed by atoms with Gasteiger partial charge in [0.2, 0.25) is 11.8 Å². The van der Waals surface area contributed by atoms with E-state index in [-0.39, 0.29) is 66.8 Å². The molecule has 2 aliphatic heterocycles. The molecule has 50 heavy (non-hydrogen) atoms. The largest absolute Gasteiger partial charge is 0.475 e. The highest BCUT2D eigenvalue weighted by Gasteiger charge is 2.35. The number of carbonyl (C=O) groups is 1. The minimum absolute atomic E-state index is 0.0147. The molecule has 1 N–H and O–H groups in total. The third-order valence-corrected chi connectivity index (χ3v) is 10.2. The number of piperidine rings is 1. The molecule has 2 aliphatic rings. The van der Waals surface area contributed by atoms with Crippen LogP contribution in [0.2, 0.25) is 0 Å². The quantitative estimate of drug-likeness (QED) is 0.250. The number of amides is 1. The standard InChI is InChI=1S/C36H41F2N7O4S/c1-23-8-6-9-24(2)32(23)29-17-31-42-34(41-29)43-50(47,48)28-11-7-10-25(16-28)33(46)45(26(22-49-31)18-35(3,4)5)21-30-39-19-27(20-40-30)44-14-12-36(37,38)13-15-44/h6-11,16-17,19-20,26H,12-15,18,21-22H2,1-5H3,(H,41,42,43)/t26-/m1/s1. The molecule has 2 aromatic carbocycles. The van der Waals surface area contributed by atoms with Gasteiger partial charge in [-0.05, 0) is 55.0 Å². The summed E-state index contributed by atoms with van der Waals surface area (Å²) in [4.78, 5) is 35.8. The minimum Gasteiger partial charge on any atom is -0.475 e. The molecule has 6 rings (SSSR count). The van der Waals surface area contributed by atoms with Gasteiger partial charge in [-0.15, -0.1) is 0 Å². The van der Waals surface area contributed by atoms with Gasteiger partial charge in [0.05, 0.1) is 41.3 Å². The van der Waals surface area contributed by atoms with Crippen molar-refractivity contribution >= 4 is 27.6 Å². The average Bonchev–Trinajstić information content (AvgIpc) is 3.05. The number of alkyl halides is 2. The number of carbonyl (C=O) groups excluding carboxylic acids is 1. The van der Waals surface area contributed by atoms with Gasteiger partial charge in [-0.25, -0.2) is 36.9 Å². The summed E-state index contributed by atoms with van der Waals surface area (Å²) in [5.41, 5.74) is 3.72. The highest BCUT2D eigenvalue weighted by atomic mass is 32.2. The normalized spacial score (nSPS) is 19.0. The number of aryl methyl sites for hydroxylation is 2. The molecule has 0 aliphatic carbocycles. The zero-order valence-electron chi connectivity index (χ0n) is 28.8. The van der Waals surface area contributed by atoms with E-state index in [2.05, 4.69) is 45.4 Å². The van der Waals surface area contributed by atoms with Crippen molar-refractivity contribution in [2.24, 2.45) is 5.41 Å². The smallest absolute Gasteiger partial charge is 0.264 e. The number of fused-ring (bicyclic) bond motifs is 4. The van der Waals surface area contributed by atoms with E-state index < -0.39 is 27.9 Å². The van der Waals surface area contributed by atoms with Crippen LogP contribution in [0.5, 0.6) is 5.88 Å². The fraction of sp³-hybridized carbons (Fsp3) is 0.417. The Labute approximate surface area is 291 Å². The van der Waals surface area contributed by atoms with Crippen LogP contribution in [0.25, 0.3) is 11.3 Å². The molecule has 4 aromatic rings. The Morgan fingerprint density at radius 3 is 2.30 bits per heavy atom. The zero-order valence-corrected chi connectivity index (χ0v) is 29.6. The number of hydrogen-bond donors (Lipinski definition) is 1. The summed E-state index contributed by atoms with van der Waals surface area (Å²) in [6.45, 7) is 10.5. The predicted octanol–water partition coefficient (Wildman–Crippen LogP) is 6.43. The molecule has 0 unspecified atom stereocenters. The lowest BCUT2D eigenvalue weighted by atomic mass is 9.87. The topological polar surface area (TPSA) is 131 Å². The minimum atomic E-state index is -4.22. The molecule has 1 amide bonds. The van der Waals surface area contributed by atoms with E-state index in [0.717, 1.165) is 16.7 Å². The first-order valence-corrected chi connectivity index (χ1v) is 18.0.